The first kappa shape index (κ1) is 15.3. The molecule has 0 saturated carbocycles. The first-order valence-electron chi connectivity index (χ1n) is 6.90. The van der Waals surface area contributed by atoms with Gasteiger partial charge < -0.3 is 14.8 Å². The van der Waals surface area contributed by atoms with Gasteiger partial charge in [-0.25, -0.2) is 9.37 Å². The van der Waals surface area contributed by atoms with Gasteiger partial charge in [0.25, 0.3) is 0 Å². The Morgan fingerprint density at radius 2 is 2.00 bits per heavy atom. The van der Waals surface area contributed by atoms with Crippen molar-refractivity contribution in [1.29, 1.82) is 0 Å². The summed E-state index contributed by atoms with van der Waals surface area (Å²) < 4.78 is 24.4. The van der Waals surface area contributed by atoms with Crippen molar-refractivity contribution >= 4 is 0 Å². The Bertz CT molecular complexity index is 590. The van der Waals surface area contributed by atoms with Gasteiger partial charge in [0.1, 0.15) is 5.82 Å². The molecule has 0 amide bonds. The first-order chi connectivity index (χ1) is 10.2. The van der Waals surface area contributed by atoms with Crippen molar-refractivity contribution in [3.05, 3.63) is 47.9 Å². The topological polar surface area (TPSA) is 43.4 Å². The van der Waals surface area contributed by atoms with Gasteiger partial charge in [-0.1, -0.05) is 19.1 Å². The average molecular weight is 290 g/mol. The van der Waals surface area contributed by atoms with Gasteiger partial charge in [-0.15, -0.1) is 0 Å². The molecule has 1 aromatic heterocycles. The Labute approximate surface area is 123 Å². The van der Waals surface area contributed by atoms with Gasteiger partial charge >= 0.3 is 0 Å². The molecule has 0 aliphatic rings. The molecular formula is C16H19FN2O2. The van der Waals surface area contributed by atoms with E-state index < -0.39 is 0 Å². The highest BCUT2D eigenvalue weighted by molar-refractivity contribution is 5.42. The molecule has 0 atom stereocenters. The van der Waals surface area contributed by atoms with Gasteiger partial charge in [-0.05, 0) is 31.2 Å². The van der Waals surface area contributed by atoms with Gasteiger partial charge in [0, 0.05) is 12.1 Å². The van der Waals surface area contributed by atoms with E-state index in [1.807, 2.05) is 12.1 Å². The number of pyridine rings is 1. The van der Waals surface area contributed by atoms with Crippen LogP contribution in [0.4, 0.5) is 4.39 Å². The molecule has 0 fully saturated rings. The summed E-state index contributed by atoms with van der Waals surface area (Å²) in [5, 5.41) is 3.22. The largest absolute Gasteiger partial charge is 0.493 e. The molecule has 0 unspecified atom stereocenters. The number of hydrogen-bond donors (Lipinski definition) is 1. The maximum absolute atomic E-state index is 13.4. The average Bonchev–Trinajstić information content (AvgIpc) is 2.50. The fourth-order valence-electron chi connectivity index (χ4n) is 1.89. The van der Waals surface area contributed by atoms with E-state index in [-0.39, 0.29) is 5.82 Å². The standard InChI is InChI=1S/C16H19FN2O2/c1-3-8-18-10-12-9-13(17)11-19-16(12)21-15-7-5-4-6-14(15)20-2/h4-7,9,11,18H,3,8,10H2,1-2H3. The first-order valence-corrected chi connectivity index (χ1v) is 6.90. The zero-order valence-corrected chi connectivity index (χ0v) is 12.2. The van der Waals surface area contributed by atoms with Crippen LogP contribution in [0.2, 0.25) is 0 Å². The predicted molar refractivity (Wildman–Crippen MR) is 79.3 cm³/mol. The number of aromatic nitrogens is 1. The van der Waals surface area contributed by atoms with E-state index in [0.717, 1.165) is 19.2 Å². The quantitative estimate of drug-likeness (QED) is 0.792. The third-order valence-electron chi connectivity index (χ3n) is 2.91. The summed E-state index contributed by atoms with van der Waals surface area (Å²) in [4.78, 5) is 4.03. The molecule has 112 valence electrons. The van der Waals surface area contributed by atoms with E-state index in [2.05, 4.69) is 17.2 Å². The molecule has 1 heterocycles. The summed E-state index contributed by atoms with van der Waals surface area (Å²) >= 11 is 0. The van der Waals surface area contributed by atoms with Gasteiger partial charge in [-0.3, -0.25) is 0 Å². The summed E-state index contributed by atoms with van der Waals surface area (Å²) in [6, 6.07) is 8.71. The minimum Gasteiger partial charge on any atom is -0.493 e. The second-order valence-corrected chi connectivity index (χ2v) is 4.55. The number of halogens is 1. The molecule has 2 rings (SSSR count). The molecule has 21 heavy (non-hydrogen) atoms. The highest BCUT2D eigenvalue weighted by Crippen LogP contribution is 2.31. The van der Waals surface area contributed by atoms with Crippen LogP contribution in [0, 0.1) is 5.82 Å². The smallest absolute Gasteiger partial charge is 0.224 e. The summed E-state index contributed by atoms with van der Waals surface area (Å²) in [7, 11) is 1.57. The molecule has 0 spiro atoms. The van der Waals surface area contributed by atoms with E-state index in [9.17, 15) is 4.39 Å². The lowest BCUT2D eigenvalue weighted by atomic mass is 10.2. The van der Waals surface area contributed by atoms with Crippen molar-refractivity contribution in [2.24, 2.45) is 0 Å². The SMILES string of the molecule is CCCNCc1cc(F)cnc1Oc1ccccc1OC. The Balaban J connectivity index is 2.22. The number of para-hydroxylation sites is 2. The number of rotatable bonds is 7. The monoisotopic (exact) mass is 290 g/mol. The third-order valence-corrected chi connectivity index (χ3v) is 2.91. The number of methoxy groups -OCH3 is 1. The lowest BCUT2D eigenvalue weighted by molar-refractivity contribution is 0.371. The van der Waals surface area contributed by atoms with Crippen molar-refractivity contribution in [2.75, 3.05) is 13.7 Å². The maximum Gasteiger partial charge on any atom is 0.224 e. The molecular weight excluding hydrogens is 271 g/mol. The molecule has 0 aliphatic heterocycles. The fourth-order valence-corrected chi connectivity index (χ4v) is 1.89. The molecule has 5 heteroatoms. The van der Waals surface area contributed by atoms with Gasteiger partial charge in [0.2, 0.25) is 5.88 Å². The van der Waals surface area contributed by atoms with E-state index in [1.54, 1.807) is 19.2 Å². The minimum absolute atomic E-state index is 0.379. The number of ether oxygens (including phenoxy) is 2. The number of hydrogen-bond acceptors (Lipinski definition) is 4. The molecule has 1 aromatic carbocycles. The van der Waals surface area contributed by atoms with E-state index >= 15 is 0 Å². The van der Waals surface area contributed by atoms with Crippen LogP contribution in [-0.2, 0) is 6.54 Å². The van der Waals surface area contributed by atoms with Crippen LogP contribution in [0.25, 0.3) is 0 Å². The van der Waals surface area contributed by atoms with Crippen molar-refractivity contribution in [3.63, 3.8) is 0 Å². The molecule has 0 bridgehead atoms. The van der Waals surface area contributed by atoms with Crippen LogP contribution in [0.15, 0.2) is 36.5 Å². The molecule has 4 nitrogen and oxygen atoms in total. The van der Waals surface area contributed by atoms with Crippen LogP contribution in [0.1, 0.15) is 18.9 Å². The van der Waals surface area contributed by atoms with Crippen LogP contribution < -0.4 is 14.8 Å². The fraction of sp³-hybridized carbons (Fsp3) is 0.312. The van der Waals surface area contributed by atoms with Crippen molar-refractivity contribution in [3.8, 4) is 17.4 Å². The van der Waals surface area contributed by atoms with Crippen LogP contribution >= 0.6 is 0 Å². The van der Waals surface area contributed by atoms with Crippen molar-refractivity contribution in [2.45, 2.75) is 19.9 Å². The number of nitrogens with zero attached hydrogens (tertiary/aromatic N) is 1. The van der Waals surface area contributed by atoms with E-state index in [4.69, 9.17) is 9.47 Å². The zero-order valence-electron chi connectivity index (χ0n) is 12.2. The minimum atomic E-state index is -0.379. The molecule has 0 radical (unpaired) electrons. The van der Waals surface area contributed by atoms with Crippen LogP contribution in [-0.4, -0.2) is 18.6 Å². The molecule has 1 N–H and O–H groups in total. The number of nitrogens with one attached hydrogen (secondary N) is 1. The lowest BCUT2D eigenvalue weighted by Crippen LogP contribution is -2.15. The Morgan fingerprint density at radius 3 is 2.71 bits per heavy atom. The van der Waals surface area contributed by atoms with Crippen LogP contribution in [0.3, 0.4) is 0 Å². The Morgan fingerprint density at radius 1 is 1.24 bits per heavy atom. The normalized spacial score (nSPS) is 10.4. The Kier molecular flexibility index (Phi) is 5.51. The van der Waals surface area contributed by atoms with Crippen LogP contribution in [0.5, 0.6) is 17.4 Å². The Hall–Kier alpha value is -2.14. The predicted octanol–water partition coefficient (Wildman–Crippen LogP) is 3.52. The molecule has 0 aliphatic carbocycles. The lowest BCUT2D eigenvalue weighted by Gasteiger charge is -2.13. The highest BCUT2D eigenvalue weighted by atomic mass is 19.1. The van der Waals surface area contributed by atoms with E-state index in [0.29, 0.717) is 29.5 Å². The molecule has 0 saturated heterocycles. The van der Waals surface area contributed by atoms with Crippen molar-refractivity contribution in [1.82, 2.24) is 10.3 Å². The van der Waals surface area contributed by atoms with Crippen molar-refractivity contribution < 1.29 is 13.9 Å². The van der Waals surface area contributed by atoms with Gasteiger partial charge in [-0.2, -0.15) is 0 Å². The number of benzene rings is 1. The summed E-state index contributed by atoms with van der Waals surface area (Å²) in [5.41, 5.74) is 0.675. The third kappa shape index (κ3) is 4.16. The van der Waals surface area contributed by atoms with Gasteiger partial charge in [0.05, 0.1) is 13.3 Å². The summed E-state index contributed by atoms with van der Waals surface area (Å²) in [6.45, 7) is 3.43. The highest BCUT2D eigenvalue weighted by Gasteiger charge is 2.11. The molecule has 2 aromatic rings. The van der Waals surface area contributed by atoms with Gasteiger partial charge in [0.15, 0.2) is 11.5 Å². The summed E-state index contributed by atoms with van der Waals surface area (Å²) in [5.74, 6) is 1.16. The second kappa shape index (κ2) is 7.59. The maximum atomic E-state index is 13.4. The summed E-state index contributed by atoms with van der Waals surface area (Å²) in [6.07, 6.45) is 2.15. The zero-order chi connectivity index (χ0) is 15.1. The second-order valence-electron chi connectivity index (χ2n) is 4.55. The van der Waals surface area contributed by atoms with E-state index in [1.165, 1.54) is 6.07 Å².